The Bertz CT molecular complexity index is 238. The van der Waals surface area contributed by atoms with E-state index in [1.165, 1.54) is 71.2 Å². The lowest BCUT2D eigenvalue weighted by Crippen LogP contribution is -2.41. The highest BCUT2D eigenvalue weighted by Crippen LogP contribution is 2.20. The van der Waals surface area contributed by atoms with Crippen LogP contribution in [0.3, 0.4) is 0 Å². The van der Waals surface area contributed by atoms with E-state index in [1.54, 1.807) is 0 Å². The Hall–Kier alpha value is -0.120. The Kier molecular flexibility index (Phi) is 6.62. The summed E-state index contributed by atoms with van der Waals surface area (Å²) < 4.78 is 0. The van der Waals surface area contributed by atoms with Crippen LogP contribution in [0.4, 0.5) is 0 Å². The van der Waals surface area contributed by atoms with E-state index in [0.717, 1.165) is 12.6 Å². The molecule has 2 aliphatic rings. The van der Waals surface area contributed by atoms with Gasteiger partial charge in [-0.3, -0.25) is 4.90 Å². The van der Waals surface area contributed by atoms with Crippen molar-refractivity contribution in [1.29, 1.82) is 0 Å². The molecular formula is C16H33N3. The molecule has 0 aliphatic carbocycles. The quantitative estimate of drug-likeness (QED) is 0.764. The van der Waals surface area contributed by atoms with E-state index in [9.17, 15) is 0 Å². The number of rotatable bonds is 7. The molecule has 0 aromatic carbocycles. The highest BCUT2D eigenvalue weighted by Gasteiger charge is 2.27. The molecular weight excluding hydrogens is 234 g/mol. The molecule has 3 nitrogen and oxygen atoms in total. The van der Waals surface area contributed by atoms with E-state index in [2.05, 4.69) is 29.0 Å². The highest BCUT2D eigenvalue weighted by molar-refractivity contribution is 4.84. The molecule has 2 rings (SSSR count). The van der Waals surface area contributed by atoms with Crippen LogP contribution in [0, 0.1) is 0 Å². The van der Waals surface area contributed by atoms with E-state index < -0.39 is 0 Å². The zero-order valence-corrected chi connectivity index (χ0v) is 13.0. The number of nitrogens with one attached hydrogen (secondary N) is 1. The Morgan fingerprint density at radius 1 is 1.16 bits per heavy atom. The van der Waals surface area contributed by atoms with Crippen LogP contribution in [0.2, 0.25) is 0 Å². The van der Waals surface area contributed by atoms with Crippen LogP contribution in [0.15, 0.2) is 0 Å². The number of likely N-dealkylation sites (tertiary alicyclic amines) is 2. The molecule has 2 saturated heterocycles. The Labute approximate surface area is 119 Å². The third kappa shape index (κ3) is 5.05. The fourth-order valence-corrected chi connectivity index (χ4v) is 3.67. The highest BCUT2D eigenvalue weighted by atomic mass is 15.3. The first-order chi connectivity index (χ1) is 9.29. The van der Waals surface area contributed by atoms with Crippen molar-refractivity contribution < 1.29 is 0 Å². The van der Waals surface area contributed by atoms with Gasteiger partial charge in [-0.25, -0.2) is 0 Å². The summed E-state index contributed by atoms with van der Waals surface area (Å²) in [5, 5.41) is 3.50. The summed E-state index contributed by atoms with van der Waals surface area (Å²) >= 11 is 0. The SMILES string of the molecule is CCNC(C)CCCN1CCC(N2CCCCC2)C1. The van der Waals surface area contributed by atoms with Crippen molar-refractivity contribution in [3.05, 3.63) is 0 Å². The third-order valence-electron chi connectivity index (χ3n) is 4.82. The molecule has 2 fully saturated rings. The average Bonchev–Trinajstić information content (AvgIpc) is 2.89. The van der Waals surface area contributed by atoms with Gasteiger partial charge in [0.2, 0.25) is 0 Å². The first-order valence-corrected chi connectivity index (χ1v) is 8.49. The van der Waals surface area contributed by atoms with Gasteiger partial charge in [-0.05, 0) is 71.8 Å². The van der Waals surface area contributed by atoms with Gasteiger partial charge in [0.1, 0.15) is 0 Å². The van der Waals surface area contributed by atoms with Crippen LogP contribution < -0.4 is 5.32 Å². The summed E-state index contributed by atoms with van der Waals surface area (Å²) in [5.41, 5.74) is 0. The number of nitrogens with zero attached hydrogens (tertiary/aromatic N) is 2. The van der Waals surface area contributed by atoms with Gasteiger partial charge in [0.05, 0.1) is 0 Å². The maximum Gasteiger partial charge on any atom is 0.0235 e. The van der Waals surface area contributed by atoms with E-state index in [0.29, 0.717) is 6.04 Å². The smallest absolute Gasteiger partial charge is 0.0235 e. The van der Waals surface area contributed by atoms with Crippen molar-refractivity contribution in [3.8, 4) is 0 Å². The first kappa shape index (κ1) is 15.3. The van der Waals surface area contributed by atoms with Crippen molar-refractivity contribution in [2.75, 3.05) is 39.3 Å². The van der Waals surface area contributed by atoms with Crippen molar-refractivity contribution in [2.45, 2.75) is 64.5 Å². The van der Waals surface area contributed by atoms with Crippen LogP contribution >= 0.6 is 0 Å². The summed E-state index contributed by atoms with van der Waals surface area (Å²) in [5.74, 6) is 0. The molecule has 3 heteroatoms. The fourth-order valence-electron chi connectivity index (χ4n) is 3.67. The largest absolute Gasteiger partial charge is 0.315 e. The molecule has 0 amide bonds. The van der Waals surface area contributed by atoms with Gasteiger partial charge in [-0.2, -0.15) is 0 Å². The molecule has 0 saturated carbocycles. The van der Waals surface area contributed by atoms with E-state index in [4.69, 9.17) is 0 Å². The van der Waals surface area contributed by atoms with Crippen LogP contribution in [0.25, 0.3) is 0 Å². The Balaban J connectivity index is 1.59. The van der Waals surface area contributed by atoms with Gasteiger partial charge < -0.3 is 10.2 Å². The molecule has 0 bridgehead atoms. The summed E-state index contributed by atoms with van der Waals surface area (Å²) in [6.45, 7) is 12.3. The molecule has 2 unspecified atom stereocenters. The van der Waals surface area contributed by atoms with E-state index in [1.807, 2.05) is 0 Å². The van der Waals surface area contributed by atoms with Gasteiger partial charge in [0.15, 0.2) is 0 Å². The molecule has 2 atom stereocenters. The minimum absolute atomic E-state index is 0.686. The van der Waals surface area contributed by atoms with E-state index >= 15 is 0 Å². The lowest BCUT2D eigenvalue weighted by atomic mass is 10.1. The third-order valence-corrected chi connectivity index (χ3v) is 4.82. The summed E-state index contributed by atoms with van der Waals surface area (Å²) in [7, 11) is 0. The second kappa shape index (κ2) is 8.23. The Morgan fingerprint density at radius 2 is 1.95 bits per heavy atom. The van der Waals surface area contributed by atoms with Crippen LogP contribution in [0.1, 0.15) is 52.4 Å². The predicted molar refractivity (Wildman–Crippen MR) is 82.6 cm³/mol. The summed E-state index contributed by atoms with van der Waals surface area (Å²) in [6.07, 6.45) is 8.38. The molecule has 0 spiro atoms. The zero-order valence-electron chi connectivity index (χ0n) is 13.0. The maximum absolute atomic E-state index is 3.50. The topological polar surface area (TPSA) is 18.5 Å². The van der Waals surface area contributed by atoms with Gasteiger partial charge in [-0.1, -0.05) is 13.3 Å². The normalized spacial score (nSPS) is 27.8. The second-order valence-electron chi connectivity index (χ2n) is 6.44. The summed E-state index contributed by atoms with van der Waals surface area (Å²) in [4.78, 5) is 5.45. The van der Waals surface area contributed by atoms with Crippen molar-refractivity contribution in [3.63, 3.8) is 0 Å². The standard InChI is InChI=1S/C16H33N3/c1-3-17-15(2)8-7-10-18-13-9-16(14-18)19-11-5-4-6-12-19/h15-17H,3-14H2,1-2H3. The van der Waals surface area contributed by atoms with Crippen LogP contribution in [-0.2, 0) is 0 Å². The first-order valence-electron chi connectivity index (χ1n) is 8.49. The van der Waals surface area contributed by atoms with Crippen molar-refractivity contribution in [2.24, 2.45) is 0 Å². The van der Waals surface area contributed by atoms with E-state index in [-0.39, 0.29) is 0 Å². The second-order valence-corrected chi connectivity index (χ2v) is 6.44. The Morgan fingerprint density at radius 3 is 2.68 bits per heavy atom. The minimum Gasteiger partial charge on any atom is -0.315 e. The van der Waals surface area contributed by atoms with Gasteiger partial charge in [0.25, 0.3) is 0 Å². The van der Waals surface area contributed by atoms with Gasteiger partial charge in [0, 0.05) is 18.6 Å². The van der Waals surface area contributed by atoms with Crippen LogP contribution in [0.5, 0.6) is 0 Å². The average molecular weight is 267 g/mol. The summed E-state index contributed by atoms with van der Waals surface area (Å²) in [6, 6.07) is 1.55. The van der Waals surface area contributed by atoms with Gasteiger partial charge in [-0.15, -0.1) is 0 Å². The van der Waals surface area contributed by atoms with Crippen molar-refractivity contribution >= 4 is 0 Å². The van der Waals surface area contributed by atoms with Gasteiger partial charge >= 0.3 is 0 Å². The molecule has 1 N–H and O–H groups in total. The molecule has 2 heterocycles. The number of hydrogen-bond donors (Lipinski definition) is 1. The molecule has 2 aliphatic heterocycles. The minimum atomic E-state index is 0.686. The predicted octanol–water partition coefficient (Wildman–Crippen LogP) is 2.32. The molecule has 112 valence electrons. The van der Waals surface area contributed by atoms with Crippen LogP contribution in [-0.4, -0.2) is 61.2 Å². The number of hydrogen-bond acceptors (Lipinski definition) is 3. The molecule has 19 heavy (non-hydrogen) atoms. The lowest BCUT2D eigenvalue weighted by Gasteiger charge is -2.32. The zero-order chi connectivity index (χ0) is 13.5. The lowest BCUT2D eigenvalue weighted by molar-refractivity contribution is 0.161. The van der Waals surface area contributed by atoms with Crippen molar-refractivity contribution in [1.82, 2.24) is 15.1 Å². The molecule has 0 aromatic rings. The molecule has 0 aromatic heterocycles. The number of piperidine rings is 1. The maximum atomic E-state index is 3.50. The monoisotopic (exact) mass is 267 g/mol. The molecule has 0 radical (unpaired) electrons. The fraction of sp³-hybridized carbons (Fsp3) is 1.00.